The molecule has 0 N–H and O–H groups in total. The van der Waals surface area contributed by atoms with Gasteiger partial charge in [0.25, 0.3) is 0 Å². The minimum Gasteiger partial charge on any atom is -0.353 e. The second-order valence-corrected chi connectivity index (χ2v) is 6.36. The summed E-state index contributed by atoms with van der Waals surface area (Å²) in [7, 11) is 1.90. The highest BCUT2D eigenvalue weighted by molar-refractivity contribution is 5.58. The Morgan fingerprint density at radius 3 is 2.42 bits per heavy atom. The van der Waals surface area contributed by atoms with Crippen LogP contribution in [0.2, 0.25) is 0 Å². The van der Waals surface area contributed by atoms with E-state index in [1.165, 1.54) is 0 Å². The van der Waals surface area contributed by atoms with Crippen molar-refractivity contribution in [2.75, 3.05) is 36.0 Å². The molecular weight excluding hydrogens is 328 g/mol. The lowest BCUT2D eigenvalue weighted by Crippen LogP contribution is -2.47. The van der Waals surface area contributed by atoms with Gasteiger partial charge in [-0.15, -0.1) is 0 Å². The summed E-state index contributed by atoms with van der Waals surface area (Å²) in [6.07, 6.45) is 9.95. The molecule has 3 aromatic heterocycles. The lowest BCUT2D eigenvalue weighted by atomic mass is 10.2. The first-order valence-corrected chi connectivity index (χ1v) is 8.85. The van der Waals surface area contributed by atoms with Gasteiger partial charge < -0.3 is 9.80 Å². The minimum absolute atomic E-state index is 0.849. The zero-order valence-corrected chi connectivity index (χ0v) is 15.1. The maximum absolute atomic E-state index is 4.77. The molecule has 0 radical (unpaired) electrons. The maximum Gasteiger partial charge on any atom is 0.147 e. The van der Waals surface area contributed by atoms with Crippen LogP contribution in [-0.2, 0) is 13.5 Å². The van der Waals surface area contributed by atoms with Gasteiger partial charge in [0.1, 0.15) is 18.0 Å². The van der Waals surface area contributed by atoms with Crippen molar-refractivity contribution in [1.82, 2.24) is 29.7 Å². The molecule has 1 saturated heterocycles. The molecule has 1 aliphatic heterocycles. The fourth-order valence-electron chi connectivity index (χ4n) is 3.12. The van der Waals surface area contributed by atoms with Crippen LogP contribution in [0.4, 0.5) is 11.6 Å². The average molecular weight is 350 g/mol. The Bertz CT molecular complexity index is 882. The third kappa shape index (κ3) is 3.35. The van der Waals surface area contributed by atoms with E-state index in [4.69, 9.17) is 4.98 Å². The summed E-state index contributed by atoms with van der Waals surface area (Å²) in [4.78, 5) is 22.4. The van der Waals surface area contributed by atoms with Gasteiger partial charge in [0, 0.05) is 56.7 Å². The van der Waals surface area contributed by atoms with Crippen LogP contribution in [0.3, 0.4) is 0 Å². The number of anilines is 2. The topological polar surface area (TPSA) is 75.9 Å². The molecule has 4 rings (SSSR count). The molecule has 1 aliphatic rings. The van der Waals surface area contributed by atoms with Gasteiger partial charge in [-0.05, 0) is 6.42 Å². The number of piperazine rings is 1. The highest BCUT2D eigenvalue weighted by Gasteiger charge is 2.20. The SMILES string of the molecule is CCc1cc(N2CCN(c3cncc(-c4cnn(C)c4)n3)CC2)ncn1. The molecule has 0 saturated carbocycles. The summed E-state index contributed by atoms with van der Waals surface area (Å²) in [6.45, 7) is 5.68. The van der Waals surface area contributed by atoms with Crippen LogP contribution in [0, 0.1) is 0 Å². The zero-order chi connectivity index (χ0) is 17.9. The molecule has 0 atom stereocenters. The minimum atomic E-state index is 0.849. The predicted octanol–water partition coefficient (Wildman–Crippen LogP) is 1.56. The van der Waals surface area contributed by atoms with Crippen molar-refractivity contribution in [3.63, 3.8) is 0 Å². The molecule has 0 amide bonds. The molecule has 1 fully saturated rings. The summed E-state index contributed by atoms with van der Waals surface area (Å²) < 4.78 is 1.77. The van der Waals surface area contributed by atoms with E-state index in [9.17, 15) is 0 Å². The fraction of sp³-hybridized carbons (Fsp3) is 0.389. The number of hydrogen-bond donors (Lipinski definition) is 0. The molecule has 0 spiro atoms. The summed E-state index contributed by atoms with van der Waals surface area (Å²) in [5.74, 6) is 1.91. The number of nitrogens with zero attached hydrogens (tertiary/aromatic N) is 8. The highest BCUT2D eigenvalue weighted by Crippen LogP contribution is 2.21. The van der Waals surface area contributed by atoms with Crippen LogP contribution in [0.1, 0.15) is 12.6 Å². The van der Waals surface area contributed by atoms with E-state index in [1.54, 1.807) is 17.2 Å². The number of rotatable bonds is 4. The van der Waals surface area contributed by atoms with E-state index >= 15 is 0 Å². The van der Waals surface area contributed by atoms with Crippen molar-refractivity contribution in [1.29, 1.82) is 0 Å². The van der Waals surface area contributed by atoms with Crippen LogP contribution in [0.5, 0.6) is 0 Å². The Labute approximate surface area is 152 Å². The van der Waals surface area contributed by atoms with Gasteiger partial charge in [-0.1, -0.05) is 6.92 Å². The Hall–Kier alpha value is -3.03. The molecule has 134 valence electrons. The van der Waals surface area contributed by atoms with Gasteiger partial charge in [-0.25, -0.2) is 15.0 Å². The average Bonchev–Trinajstić information content (AvgIpc) is 3.15. The van der Waals surface area contributed by atoms with Gasteiger partial charge >= 0.3 is 0 Å². The van der Waals surface area contributed by atoms with Crippen molar-refractivity contribution < 1.29 is 0 Å². The van der Waals surface area contributed by atoms with Crippen molar-refractivity contribution in [3.05, 3.63) is 42.9 Å². The normalized spacial score (nSPS) is 14.7. The van der Waals surface area contributed by atoms with Gasteiger partial charge in [-0.3, -0.25) is 9.67 Å². The third-order valence-electron chi connectivity index (χ3n) is 4.62. The summed E-state index contributed by atoms with van der Waals surface area (Å²) in [5, 5.41) is 4.21. The molecule has 0 aliphatic carbocycles. The van der Waals surface area contributed by atoms with E-state index in [-0.39, 0.29) is 0 Å². The van der Waals surface area contributed by atoms with Gasteiger partial charge in [-0.2, -0.15) is 5.10 Å². The van der Waals surface area contributed by atoms with Crippen molar-refractivity contribution in [2.24, 2.45) is 7.05 Å². The molecule has 4 heterocycles. The smallest absolute Gasteiger partial charge is 0.147 e. The Morgan fingerprint density at radius 1 is 0.962 bits per heavy atom. The Morgan fingerprint density at radius 2 is 1.73 bits per heavy atom. The first kappa shape index (κ1) is 16.4. The summed E-state index contributed by atoms with van der Waals surface area (Å²) in [6, 6.07) is 2.08. The van der Waals surface area contributed by atoms with Crippen LogP contribution < -0.4 is 9.80 Å². The number of aryl methyl sites for hydroxylation is 2. The molecule has 0 bridgehead atoms. The highest BCUT2D eigenvalue weighted by atomic mass is 15.3. The second-order valence-electron chi connectivity index (χ2n) is 6.36. The molecule has 0 unspecified atom stereocenters. The van der Waals surface area contributed by atoms with Crippen LogP contribution >= 0.6 is 0 Å². The van der Waals surface area contributed by atoms with Crippen LogP contribution in [0.25, 0.3) is 11.3 Å². The molecule has 0 aromatic carbocycles. The van der Waals surface area contributed by atoms with E-state index in [0.29, 0.717) is 0 Å². The maximum atomic E-state index is 4.77. The van der Waals surface area contributed by atoms with Gasteiger partial charge in [0.2, 0.25) is 0 Å². The summed E-state index contributed by atoms with van der Waals surface area (Å²) >= 11 is 0. The molecule has 3 aromatic rings. The van der Waals surface area contributed by atoms with Gasteiger partial charge in [0.05, 0.1) is 24.3 Å². The molecule has 8 heteroatoms. The van der Waals surface area contributed by atoms with E-state index in [0.717, 1.165) is 61.2 Å². The standard InChI is InChI=1S/C18H22N8/c1-3-15-8-17(21-13-20-15)25-4-6-26(7-5-25)18-11-19-10-16(23-18)14-9-22-24(2)12-14/h8-13H,3-7H2,1-2H3. The Kier molecular flexibility index (Phi) is 4.47. The van der Waals surface area contributed by atoms with Crippen molar-refractivity contribution in [2.45, 2.75) is 13.3 Å². The van der Waals surface area contributed by atoms with Crippen LogP contribution in [-0.4, -0.2) is 55.9 Å². The van der Waals surface area contributed by atoms with Gasteiger partial charge in [0.15, 0.2) is 0 Å². The Balaban J connectivity index is 1.46. The summed E-state index contributed by atoms with van der Waals surface area (Å²) in [5.41, 5.74) is 2.91. The number of aromatic nitrogens is 6. The third-order valence-corrected chi connectivity index (χ3v) is 4.62. The lowest BCUT2D eigenvalue weighted by molar-refractivity contribution is 0.639. The van der Waals surface area contributed by atoms with Crippen molar-refractivity contribution in [3.8, 4) is 11.3 Å². The van der Waals surface area contributed by atoms with Crippen molar-refractivity contribution >= 4 is 11.6 Å². The van der Waals surface area contributed by atoms with Crippen LogP contribution in [0.15, 0.2) is 37.2 Å². The second kappa shape index (κ2) is 7.07. The van der Waals surface area contributed by atoms with E-state index in [2.05, 4.69) is 42.8 Å². The largest absolute Gasteiger partial charge is 0.353 e. The predicted molar refractivity (Wildman–Crippen MR) is 100 cm³/mol. The molecule has 26 heavy (non-hydrogen) atoms. The first-order valence-electron chi connectivity index (χ1n) is 8.85. The monoisotopic (exact) mass is 350 g/mol. The first-order chi connectivity index (χ1) is 12.7. The molecular formula is C18H22N8. The lowest BCUT2D eigenvalue weighted by Gasteiger charge is -2.36. The van der Waals surface area contributed by atoms with E-state index in [1.807, 2.05) is 25.6 Å². The zero-order valence-electron chi connectivity index (χ0n) is 15.1. The van der Waals surface area contributed by atoms with E-state index < -0.39 is 0 Å². The molecule has 8 nitrogen and oxygen atoms in total. The number of hydrogen-bond acceptors (Lipinski definition) is 7. The fourth-order valence-corrected chi connectivity index (χ4v) is 3.12. The quantitative estimate of drug-likeness (QED) is 0.707.